The van der Waals surface area contributed by atoms with Crippen molar-refractivity contribution in [3.63, 3.8) is 0 Å². The molecule has 4 heteroatoms. The molecule has 2 rings (SSSR count). The molecule has 0 fully saturated rings. The minimum atomic E-state index is -0.236. The maximum atomic E-state index is 12.0. The van der Waals surface area contributed by atoms with E-state index in [-0.39, 0.29) is 24.4 Å². The maximum Gasteiger partial charge on any atom is 0.251 e. The molecule has 1 atom stereocenters. The summed E-state index contributed by atoms with van der Waals surface area (Å²) in [6.07, 6.45) is 0. The second kappa shape index (κ2) is 7.41. The fourth-order valence-electron chi connectivity index (χ4n) is 2.20. The molecule has 0 bridgehead atoms. The van der Waals surface area contributed by atoms with E-state index in [0.29, 0.717) is 5.56 Å². The molecule has 22 heavy (non-hydrogen) atoms. The second-order valence-electron chi connectivity index (χ2n) is 5.20. The zero-order valence-electron chi connectivity index (χ0n) is 12.8. The molecule has 0 aliphatic carbocycles. The summed E-state index contributed by atoms with van der Waals surface area (Å²) < 4.78 is 0. The summed E-state index contributed by atoms with van der Waals surface area (Å²) in [6, 6.07) is 16.9. The highest BCUT2D eigenvalue weighted by atomic mass is 16.2. The normalized spacial score (nSPS) is 11.5. The van der Waals surface area contributed by atoms with E-state index in [1.807, 2.05) is 56.3 Å². The van der Waals surface area contributed by atoms with Gasteiger partial charge in [0.25, 0.3) is 5.91 Å². The molecule has 0 aliphatic heterocycles. The Morgan fingerprint density at radius 2 is 1.64 bits per heavy atom. The Hall–Kier alpha value is -2.62. The van der Waals surface area contributed by atoms with Crippen molar-refractivity contribution in [2.45, 2.75) is 19.9 Å². The van der Waals surface area contributed by atoms with Gasteiger partial charge in [0, 0.05) is 5.56 Å². The van der Waals surface area contributed by atoms with Crippen LogP contribution in [-0.2, 0) is 4.79 Å². The molecule has 0 aromatic heterocycles. The van der Waals surface area contributed by atoms with Gasteiger partial charge < -0.3 is 10.6 Å². The summed E-state index contributed by atoms with van der Waals surface area (Å²) in [5, 5.41) is 5.51. The van der Waals surface area contributed by atoms with Crippen molar-refractivity contribution in [3.8, 4) is 0 Å². The first kappa shape index (κ1) is 15.8. The average Bonchev–Trinajstić information content (AvgIpc) is 2.54. The number of rotatable bonds is 5. The fourth-order valence-corrected chi connectivity index (χ4v) is 2.20. The average molecular weight is 296 g/mol. The first-order valence-corrected chi connectivity index (χ1v) is 7.26. The van der Waals surface area contributed by atoms with Crippen molar-refractivity contribution < 1.29 is 9.59 Å². The Bertz CT molecular complexity index is 653. The number of nitrogens with one attached hydrogen (secondary N) is 2. The van der Waals surface area contributed by atoms with Crippen LogP contribution in [0.5, 0.6) is 0 Å². The van der Waals surface area contributed by atoms with E-state index < -0.39 is 0 Å². The third kappa shape index (κ3) is 4.19. The van der Waals surface area contributed by atoms with Gasteiger partial charge in [0.2, 0.25) is 5.91 Å². The number of hydrogen-bond donors (Lipinski definition) is 2. The van der Waals surface area contributed by atoms with Gasteiger partial charge in [0.1, 0.15) is 0 Å². The van der Waals surface area contributed by atoms with E-state index in [1.54, 1.807) is 12.1 Å². The summed E-state index contributed by atoms with van der Waals surface area (Å²) in [4.78, 5) is 24.0. The van der Waals surface area contributed by atoms with Gasteiger partial charge in [-0.05, 0) is 31.0 Å². The minimum Gasteiger partial charge on any atom is -0.348 e. The lowest BCUT2D eigenvalue weighted by atomic mass is 10.1. The first-order valence-electron chi connectivity index (χ1n) is 7.26. The molecular weight excluding hydrogens is 276 g/mol. The highest BCUT2D eigenvalue weighted by Crippen LogP contribution is 2.10. The van der Waals surface area contributed by atoms with Crippen molar-refractivity contribution in [3.05, 3.63) is 71.3 Å². The van der Waals surface area contributed by atoms with Crippen LogP contribution in [0.3, 0.4) is 0 Å². The Balaban J connectivity index is 1.85. The number of aryl methyl sites for hydroxylation is 1. The van der Waals surface area contributed by atoms with Crippen LogP contribution < -0.4 is 10.6 Å². The minimum absolute atomic E-state index is 0.0374. The number of carbonyl (C=O) groups excluding carboxylic acids is 2. The van der Waals surface area contributed by atoms with Crippen molar-refractivity contribution in [1.29, 1.82) is 0 Å². The van der Waals surface area contributed by atoms with Gasteiger partial charge in [0.05, 0.1) is 12.6 Å². The van der Waals surface area contributed by atoms with Crippen molar-refractivity contribution in [1.82, 2.24) is 10.6 Å². The predicted molar refractivity (Wildman–Crippen MR) is 86.5 cm³/mol. The SMILES string of the molecule is Cc1ccccc1C(=O)NCC(=O)NC(C)c1ccccc1. The summed E-state index contributed by atoms with van der Waals surface area (Å²) in [5.41, 5.74) is 2.51. The number of hydrogen-bond acceptors (Lipinski definition) is 2. The summed E-state index contributed by atoms with van der Waals surface area (Å²) in [6.45, 7) is 3.74. The highest BCUT2D eigenvalue weighted by Gasteiger charge is 2.12. The van der Waals surface area contributed by atoms with Crippen LogP contribution >= 0.6 is 0 Å². The second-order valence-corrected chi connectivity index (χ2v) is 5.20. The summed E-state index contributed by atoms with van der Waals surface area (Å²) in [5.74, 6) is -0.445. The molecule has 4 nitrogen and oxygen atoms in total. The van der Waals surface area contributed by atoms with Crippen molar-refractivity contribution in [2.75, 3.05) is 6.54 Å². The number of amides is 2. The number of benzene rings is 2. The van der Waals surface area contributed by atoms with Crippen LogP contribution in [0.1, 0.15) is 34.5 Å². The molecule has 0 aliphatic rings. The Morgan fingerprint density at radius 3 is 2.32 bits per heavy atom. The van der Waals surface area contributed by atoms with Crippen LogP contribution in [0.2, 0.25) is 0 Å². The summed E-state index contributed by atoms with van der Waals surface area (Å²) >= 11 is 0. The van der Waals surface area contributed by atoms with E-state index >= 15 is 0 Å². The Labute approximate surface area is 130 Å². The van der Waals surface area contributed by atoms with Gasteiger partial charge in [-0.25, -0.2) is 0 Å². The standard InChI is InChI=1S/C18H20N2O2/c1-13-8-6-7-11-16(13)18(22)19-12-17(21)20-14(2)15-9-4-3-5-10-15/h3-11,14H,12H2,1-2H3,(H,19,22)(H,20,21). The quantitative estimate of drug-likeness (QED) is 0.891. The third-order valence-corrected chi connectivity index (χ3v) is 3.48. The fraction of sp³-hybridized carbons (Fsp3) is 0.222. The van der Waals surface area contributed by atoms with Crippen molar-refractivity contribution in [2.24, 2.45) is 0 Å². The summed E-state index contributed by atoms with van der Waals surface area (Å²) in [7, 11) is 0. The molecule has 114 valence electrons. The Kier molecular flexibility index (Phi) is 5.31. The molecule has 0 saturated heterocycles. The maximum absolute atomic E-state index is 12.0. The van der Waals surface area contributed by atoms with E-state index in [0.717, 1.165) is 11.1 Å². The smallest absolute Gasteiger partial charge is 0.251 e. The lowest BCUT2D eigenvalue weighted by Gasteiger charge is -2.14. The molecule has 0 radical (unpaired) electrons. The largest absolute Gasteiger partial charge is 0.348 e. The van der Waals surface area contributed by atoms with E-state index in [2.05, 4.69) is 10.6 Å². The van der Waals surface area contributed by atoms with Gasteiger partial charge in [0.15, 0.2) is 0 Å². The zero-order chi connectivity index (χ0) is 15.9. The van der Waals surface area contributed by atoms with Crippen LogP contribution in [0.25, 0.3) is 0 Å². The van der Waals surface area contributed by atoms with Gasteiger partial charge in [-0.1, -0.05) is 48.5 Å². The van der Waals surface area contributed by atoms with Gasteiger partial charge in [-0.3, -0.25) is 9.59 Å². The van der Waals surface area contributed by atoms with Gasteiger partial charge in [-0.2, -0.15) is 0 Å². The van der Waals surface area contributed by atoms with Crippen molar-refractivity contribution >= 4 is 11.8 Å². The predicted octanol–water partition coefficient (Wildman–Crippen LogP) is 2.60. The van der Waals surface area contributed by atoms with Gasteiger partial charge in [-0.15, -0.1) is 0 Å². The monoisotopic (exact) mass is 296 g/mol. The third-order valence-electron chi connectivity index (χ3n) is 3.48. The molecule has 0 spiro atoms. The topological polar surface area (TPSA) is 58.2 Å². The van der Waals surface area contributed by atoms with E-state index in [1.165, 1.54) is 0 Å². The number of carbonyl (C=O) groups is 2. The Morgan fingerprint density at radius 1 is 1.00 bits per heavy atom. The molecule has 2 aromatic rings. The van der Waals surface area contributed by atoms with Crippen LogP contribution in [0, 0.1) is 6.92 Å². The lowest BCUT2D eigenvalue weighted by Crippen LogP contribution is -2.38. The molecule has 0 saturated carbocycles. The highest BCUT2D eigenvalue weighted by molar-refractivity contribution is 5.97. The first-order chi connectivity index (χ1) is 10.6. The zero-order valence-corrected chi connectivity index (χ0v) is 12.8. The van der Waals surface area contributed by atoms with E-state index in [4.69, 9.17) is 0 Å². The van der Waals surface area contributed by atoms with E-state index in [9.17, 15) is 9.59 Å². The van der Waals surface area contributed by atoms with Crippen LogP contribution in [0.15, 0.2) is 54.6 Å². The molecule has 2 N–H and O–H groups in total. The van der Waals surface area contributed by atoms with Gasteiger partial charge >= 0.3 is 0 Å². The van der Waals surface area contributed by atoms with Crippen LogP contribution in [-0.4, -0.2) is 18.4 Å². The van der Waals surface area contributed by atoms with Crippen LogP contribution in [0.4, 0.5) is 0 Å². The molecule has 0 heterocycles. The molecular formula is C18H20N2O2. The lowest BCUT2D eigenvalue weighted by molar-refractivity contribution is -0.120. The molecule has 2 aromatic carbocycles. The molecule has 2 amide bonds. The molecule has 1 unspecified atom stereocenters.